The van der Waals surface area contributed by atoms with Crippen molar-refractivity contribution >= 4 is 27.8 Å². The van der Waals surface area contributed by atoms with Crippen molar-refractivity contribution in [2.75, 3.05) is 0 Å². The quantitative estimate of drug-likeness (QED) is 0.677. The van der Waals surface area contributed by atoms with Crippen LogP contribution in [-0.4, -0.2) is 9.38 Å². The molecule has 0 amide bonds. The number of nitrogens with zero attached hydrogens (tertiary/aromatic N) is 1. The van der Waals surface area contributed by atoms with Crippen LogP contribution >= 0.6 is 11.6 Å². The van der Waals surface area contributed by atoms with E-state index in [1.807, 2.05) is 19.1 Å². The van der Waals surface area contributed by atoms with Crippen molar-refractivity contribution in [3.63, 3.8) is 0 Å². The topological polar surface area (TPSA) is 41.5 Å². The van der Waals surface area contributed by atoms with Crippen LogP contribution in [0.1, 0.15) is 16.7 Å². The molecule has 0 bridgehead atoms. The normalized spacial score (nSPS) is 13.0. The summed E-state index contributed by atoms with van der Waals surface area (Å²) in [6.07, 6.45) is 0. The van der Waals surface area contributed by atoms with Crippen molar-refractivity contribution in [1.82, 2.24) is 4.83 Å². The van der Waals surface area contributed by atoms with Gasteiger partial charge in [0.15, 0.2) is 16.2 Å². The first-order chi connectivity index (χ1) is 9.97. The predicted molar refractivity (Wildman–Crippen MR) is 84.3 cm³/mol. The molecule has 0 aromatic heterocycles. The summed E-state index contributed by atoms with van der Waals surface area (Å²) >= 11 is 6.05. The van der Waals surface area contributed by atoms with Crippen LogP contribution in [0.5, 0.6) is 0 Å². The van der Waals surface area contributed by atoms with Crippen molar-refractivity contribution in [1.29, 1.82) is 0 Å². The van der Waals surface area contributed by atoms with Crippen LogP contribution in [0.25, 0.3) is 0 Å². The van der Waals surface area contributed by atoms with Crippen molar-refractivity contribution in [3.8, 4) is 0 Å². The molecule has 0 saturated heterocycles. The lowest BCUT2D eigenvalue weighted by Gasteiger charge is -2.05. The van der Waals surface area contributed by atoms with Crippen LogP contribution in [0.15, 0.2) is 52.5 Å². The summed E-state index contributed by atoms with van der Waals surface area (Å²) < 4.78 is 25.0. The molecule has 3 nitrogen and oxygen atoms in total. The number of hydrogen-bond donors (Lipinski definition) is 1. The molecular weight excluding hydrogens is 311 g/mol. The number of aryl methyl sites for hydroxylation is 2. The molecule has 0 radical (unpaired) electrons. The Bertz CT molecular complexity index is 701. The molecule has 2 rings (SSSR count). The van der Waals surface area contributed by atoms with Crippen LogP contribution in [0.4, 0.5) is 4.39 Å². The molecular formula is C15H14ClFN2OS. The van der Waals surface area contributed by atoms with Crippen LogP contribution in [0.2, 0.25) is 0 Å². The van der Waals surface area contributed by atoms with Gasteiger partial charge in [-0.2, -0.15) is 5.10 Å². The lowest BCUT2D eigenvalue weighted by molar-refractivity contribution is 0.626. The Labute approximate surface area is 130 Å². The Hall–Kier alpha value is -1.72. The monoisotopic (exact) mass is 324 g/mol. The first kappa shape index (κ1) is 15.7. The SMILES string of the molecule is Cc1ccc(S(=O)N/N=C(/Cl)c2ccc(F)cc2C)cc1. The van der Waals surface area contributed by atoms with Gasteiger partial charge in [0, 0.05) is 5.56 Å². The fourth-order valence-corrected chi connectivity index (χ4v) is 2.68. The summed E-state index contributed by atoms with van der Waals surface area (Å²) in [7, 11) is -1.49. The molecule has 2 aromatic carbocycles. The van der Waals surface area contributed by atoms with Gasteiger partial charge in [-0.25, -0.2) is 13.4 Å². The molecule has 0 aliphatic heterocycles. The molecule has 0 heterocycles. The Morgan fingerprint density at radius 3 is 2.48 bits per heavy atom. The third-order valence-electron chi connectivity index (χ3n) is 2.87. The smallest absolute Gasteiger partial charge is 0.166 e. The minimum atomic E-state index is -1.49. The van der Waals surface area contributed by atoms with E-state index < -0.39 is 11.0 Å². The lowest BCUT2D eigenvalue weighted by atomic mass is 10.1. The van der Waals surface area contributed by atoms with Crippen molar-refractivity contribution in [3.05, 3.63) is 65.0 Å². The lowest BCUT2D eigenvalue weighted by Crippen LogP contribution is -2.13. The first-order valence-corrected chi connectivity index (χ1v) is 7.74. The van der Waals surface area contributed by atoms with Crippen LogP contribution in [0.3, 0.4) is 0 Å². The zero-order valence-electron chi connectivity index (χ0n) is 11.6. The Kier molecular flexibility index (Phi) is 5.09. The molecule has 1 unspecified atom stereocenters. The van der Waals surface area contributed by atoms with E-state index in [0.717, 1.165) is 5.56 Å². The largest absolute Gasteiger partial charge is 0.230 e. The van der Waals surface area contributed by atoms with Gasteiger partial charge in [0.25, 0.3) is 0 Å². The summed E-state index contributed by atoms with van der Waals surface area (Å²) in [5.74, 6) is -0.336. The van der Waals surface area contributed by atoms with Crippen LogP contribution < -0.4 is 4.83 Å². The molecule has 1 atom stereocenters. The maximum atomic E-state index is 13.0. The molecule has 0 aliphatic rings. The number of rotatable bonds is 4. The minimum Gasteiger partial charge on any atom is -0.230 e. The molecule has 6 heteroatoms. The van der Waals surface area contributed by atoms with Gasteiger partial charge in [0.05, 0.1) is 4.90 Å². The highest BCUT2D eigenvalue weighted by molar-refractivity contribution is 7.83. The van der Waals surface area contributed by atoms with E-state index in [1.54, 1.807) is 19.1 Å². The van der Waals surface area contributed by atoms with Gasteiger partial charge in [-0.1, -0.05) is 29.3 Å². The number of hydrazone groups is 1. The van der Waals surface area contributed by atoms with Gasteiger partial charge < -0.3 is 0 Å². The van der Waals surface area contributed by atoms with Gasteiger partial charge in [-0.15, -0.1) is 0 Å². The summed E-state index contributed by atoms with van der Waals surface area (Å²) in [6.45, 7) is 3.68. The number of nitrogens with one attached hydrogen (secondary N) is 1. The predicted octanol–water partition coefficient (Wildman–Crippen LogP) is 3.66. The second-order valence-corrected chi connectivity index (χ2v) is 6.08. The number of halogens is 2. The fraction of sp³-hybridized carbons (Fsp3) is 0.133. The molecule has 0 aliphatic carbocycles. The maximum Gasteiger partial charge on any atom is 0.166 e. The highest BCUT2D eigenvalue weighted by Crippen LogP contribution is 2.13. The molecule has 0 saturated carbocycles. The maximum absolute atomic E-state index is 13.0. The van der Waals surface area contributed by atoms with Crippen LogP contribution in [0, 0.1) is 19.7 Å². The van der Waals surface area contributed by atoms with E-state index >= 15 is 0 Å². The highest BCUT2D eigenvalue weighted by atomic mass is 35.5. The first-order valence-electron chi connectivity index (χ1n) is 6.21. The Morgan fingerprint density at radius 1 is 1.19 bits per heavy atom. The molecule has 1 N–H and O–H groups in total. The fourth-order valence-electron chi connectivity index (χ4n) is 1.71. The van der Waals surface area contributed by atoms with E-state index in [4.69, 9.17) is 11.6 Å². The van der Waals surface area contributed by atoms with Crippen molar-refractivity contribution < 1.29 is 8.60 Å². The molecule has 21 heavy (non-hydrogen) atoms. The van der Waals surface area contributed by atoms with Crippen molar-refractivity contribution in [2.45, 2.75) is 18.7 Å². The van der Waals surface area contributed by atoms with E-state index in [-0.39, 0.29) is 11.0 Å². The van der Waals surface area contributed by atoms with Gasteiger partial charge in [-0.05, 0) is 49.7 Å². The van der Waals surface area contributed by atoms with E-state index in [2.05, 4.69) is 9.93 Å². The van der Waals surface area contributed by atoms with E-state index in [1.165, 1.54) is 18.2 Å². The second kappa shape index (κ2) is 6.83. The third kappa shape index (κ3) is 4.12. The molecule has 0 fully saturated rings. The second-order valence-electron chi connectivity index (χ2n) is 4.53. The third-order valence-corrected chi connectivity index (χ3v) is 4.12. The summed E-state index contributed by atoms with van der Waals surface area (Å²) in [5.41, 5.74) is 2.33. The van der Waals surface area contributed by atoms with Gasteiger partial charge >= 0.3 is 0 Å². The minimum absolute atomic E-state index is 0.132. The van der Waals surface area contributed by atoms with Crippen LogP contribution in [-0.2, 0) is 11.0 Å². The summed E-state index contributed by atoms with van der Waals surface area (Å²) in [5, 5.41) is 4.03. The Balaban J connectivity index is 2.12. The summed E-state index contributed by atoms with van der Waals surface area (Å²) in [6, 6.07) is 11.4. The molecule has 0 spiro atoms. The summed E-state index contributed by atoms with van der Waals surface area (Å²) in [4.78, 5) is 3.09. The van der Waals surface area contributed by atoms with Gasteiger partial charge in [-0.3, -0.25) is 0 Å². The highest BCUT2D eigenvalue weighted by Gasteiger charge is 2.07. The zero-order chi connectivity index (χ0) is 15.4. The Morgan fingerprint density at radius 2 is 1.86 bits per heavy atom. The van der Waals surface area contributed by atoms with E-state index in [9.17, 15) is 8.60 Å². The van der Waals surface area contributed by atoms with E-state index in [0.29, 0.717) is 16.0 Å². The standard InChI is InChI=1S/C15H14ClFN2OS/c1-10-3-6-13(7-4-10)21(20)19-18-15(16)14-8-5-12(17)9-11(14)2/h3-9,19H,1-2H3/b18-15+. The average Bonchev–Trinajstić information content (AvgIpc) is 2.45. The van der Waals surface area contributed by atoms with Gasteiger partial charge in [0.2, 0.25) is 0 Å². The molecule has 2 aromatic rings. The van der Waals surface area contributed by atoms with Gasteiger partial charge in [0.1, 0.15) is 5.82 Å². The van der Waals surface area contributed by atoms with Crippen molar-refractivity contribution in [2.24, 2.45) is 5.10 Å². The number of hydrogen-bond acceptors (Lipinski definition) is 2. The average molecular weight is 325 g/mol. The number of benzene rings is 2. The molecule has 110 valence electrons. The zero-order valence-corrected chi connectivity index (χ0v) is 13.1.